The molecule has 0 spiro atoms. The molecule has 3 heterocycles. The third-order valence-corrected chi connectivity index (χ3v) is 8.67. The van der Waals surface area contributed by atoms with Gasteiger partial charge in [0.25, 0.3) is 5.56 Å². The highest BCUT2D eigenvalue weighted by Crippen LogP contribution is 2.36. The lowest BCUT2D eigenvalue weighted by molar-refractivity contribution is 0.419. The van der Waals surface area contributed by atoms with E-state index in [1.54, 1.807) is 64.3 Å². The number of halogens is 2. The van der Waals surface area contributed by atoms with Gasteiger partial charge in [-0.2, -0.15) is 0 Å². The van der Waals surface area contributed by atoms with Gasteiger partial charge in [-0.3, -0.25) is 19.3 Å². The Morgan fingerprint density at radius 2 is 1.35 bits per heavy atom. The molecule has 3 aromatic heterocycles. The largest absolute Gasteiger partial charge is 0.496 e. The van der Waals surface area contributed by atoms with Crippen LogP contribution in [0.1, 0.15) is 18.8 Å². The van der Waals surface area contributed by atoms with Gasteiger partial charge in [-0.25, -0.2) is 9.37 Å². The minimum atomic E-state index is -0.420. The quantitative estimate of drug-likeness (QED) is 0.172. The third kappa shape index (κ3) is 6.82. The van der Waals surface area contributed by atoms with Gasteiger partial charge in [-0.05, 0) is 64.5 Å². The van der Waals surface area contributed by atoms with Crippen LogP contribution < -0.4 is 15.0 Å². The molecule has 0 saturated heterocycles. The van der Waals surface area contributed by atoms with E-state index in [4.69, 9.17) is 9.47 Å². The summed E-state index contributed by atoms with van der Waals surface area (Å²) in [6.07, 6.45) is 9.02. The van der Waals surface area contributed by atoms with E-state index in [0.29, 0.717) is 34.7 Å². The van der Waals surface area contributed by atoms with Crippen LogP contribution in [0.3, 0.4) is 0 Å². The molecule has 7 aromatic rings. The maximum Gasteiger partial charge on any atom is 0.261 e. The van der Waals surface area contributed by atoms with Gasteiger partial charge in [0, 0.05) is 70.6 Å². The first-order valence-corrected chi connectivity index (χ1v) is 15.5. The molecule has 0 bridgehead atoms. The molecule has 0 atom stereocenters. The lowest BCUT2D eigenvalue weighted by Gasteiger charge is -2.13. The summed E-state index contributed by atoms with van der Waals surface area (Å²) < 4.78 is 28.6. The summed E-state index contributed by atoms with van der Waals surface area (Å²) in [7, 11) is 4.95. The van der Waals surface area contributed by atoms with E-state index in [1.807, 2.05) is 60.7 Å². The van der Waals surface area contributed by atoms with Gasteiger partial charge >= 0.3 is 0 Å². The van der Waals surface area contributed by atoms with E-state index in [1.165, 1.54) is 16.8 Å². The van der Waals surface area contributed by atoms with Crippen molar-refractivity contribution in [3.63, 3.8) is 0 Å². The van der Waals surface area contributed by atoms with Crippen molar-refractivity contribution in [2.45, 2.75) is 13.8 Å². The highest BCUT2D eigenvalue weighted by molar-refractivity contribution is 9.10. The lowest BCUT2D eigenvalue weighted by atomic mass is 9.96. The maximum absolute atomic E-state index is 15.4. The fourth-order valence-corrected chi connectivity index (χ4v) is 5.98. The number of nitrogens with zero attached hydrogens (tertiary/aromatic N) is 4. The van der Waals surface area contributed by atoms with E-state index in [-0.39, 0.29) is 13.0 Å². The molecule has 0 aliphatic carbocycles. The lowest BCUT2D eigenvalue weighted by Crippen LogP contribution is -2.23. The predicted octanol–water partition coefficient (Wildman–Crippen LogP) is 9.04. The molecule has 0 amide bonds. The fraction of sp³-hybridized carbons (Fsp3) is 0.128. The van der Waals surface area contributed by atoms with Crippen molar-refractivity contribution in [2.24, 2.45) is 7.05 Å². The SMILES string of the molecule is C.COc1ccc(-c2ccc(-c3cnc(Cc4ccccc4)n(C)c3=O)cc2F)c2ccncc12.COc1ccc(Br)c2ccncc12. The van der Waals surface area contributed by atoms with Crippen LogP contribution in [0.15, 0.2) is 125 Å². The molecular formula is C39H34BrFN4O3. The molecule has 0 unspecified atom stereocenters. The van der Waals surface area contributed by atoms with Crippen molar-refractivity contribution < 1.29 is 13.9 Å². The van der Waals surface area contributed by atoms with E-state index in [0.717, 1.165) is 42.9 Å². The Balaban J connectivity index is 0.000000270. The smallest absolute Gasteiger partial charge is 0.261 e. The van der Waals surface area contributed by atoms with E-state index >= 15 is 4.39 Å². The number of ether oxygens (including phenoxy) is 2. The molecule has 7 rings (SSSR count). The summed E-state index contributed by atoms with van der Waals surface area (Å²) in [5.41, 5.74) is 2.86. The molecule has 48 heavy (non-hydrogen) atoms. The normalized spacial score (nSPS) is 10.6. The topological polar surface area (TPSA) is 79.1 Å². The molecule has 0 aliphatic rings. The second kappa shape index (κ2) is 15.0. The first kappa shape index (κ1) is 33.9. The number of methoxy groups -OCH3 is 2. The molecule has 0 N–H and O–H groups in total. The Morgan fingerprint density at radius 3 is 2.02 bits per heavy atom. The van der Waals surface area contributed by atoms with Crippen LogP contribution in [0, 0.1) is 5.82 Å². The Labute approximate surface area is 286 Å². The molecule has 242 valence electrons. The van der Waals surface area contributed by atoms with Crippen molar-refractivity contribution in [1.82, 2.24) is 19.5 Å². The first-order chi connectivity index (χ1) is 22.9. The molecule has 0 aliphatic heterocycles. The van der Waals surface area contributed by atoms with Crippen LogP contribution in [0.25, 0.3) is 43.8 Å². The summed E-state index contributed by atoms with van der Waals surface area (Å²) in [4.78, 5) is 25.8. The highest BCUT2D eigenvalue weighted by atomic mass is 79.9. The van der Waals surface area contributed by atoms with Crippen molar-refractivity contribution in [3.05, 3.63) is 148 Å². The van der Waals surface area contributed by atoms with Gasteiger partial charge < -0.3 is 9.47 Å². The van der Waals surface area contributed by atoms with Gasteiger partial charge in [0.2, 0.25) is 0 Å². The third-order valence-electron chi connectivity index (χ3n) is 7.98. The molecule has 0 saturated carbocycles. The minimum Gasteiger partial charge on any atom is -0.496 e. The second-order valence-corrected chi connectivity index (χ2v) is 11.6. The van der Waals surface area contributed by atoms with Crippen LogP contribution in [0.2, 0.25) is 0 Å². The summed E-state index contributed by atoms with van der Waals surface area (Å²) in [6.45, 7) is 0. The number of fused-ring (bicyclic) bond motifs is 2. The number of aromatic nitrogens is 4. The average Bonchev–Trinajstić information content (AvgIpc) is 3.11. The van der Waals surface area contributed by atoms with Crippen molar-refractivity contribution in [2.75, 3.05) is 14.2 Å². The van der Waals surface area contributed by atoms with Gasteiger partial charge in [0.05, 0.1) is 19.8 Å². The summed E-state index contributed by atoms with van der Waals surface area (Å²) in [5, 5.41) is 3.79. The Kier molecular flexibility index (Phi) is 10.6. The zero-order valence-corrected chi connectivity index (χ0v) is 27.5. The van der Waals surface area contributed by atoms with Crippen LogP contribution in [0.4, 0.5) is 4.39 Å². The Bertz CT molecular complexity index is 2280. The molecular weight excluding hydrogens is 671 g/mol. The minimum absolute atomic E-state index is 0. The van der Waals surface area contributed by atoms with E-state index < -0.39 is 5.82 Å². The molecule has 0 fully saturated rings. The van der Waals surface area contributed by atoms with Crippen LogP contribution >= 0.6 is 15.9 Å². The summed E-state index contributed by atoms with van der Waals surface area (Å²) in [6, 6.07) is 26.0. The van der Waals surface area contributed by atoms with Gasteiger partial charge in [-0.1, -0.05) is 65.8 Å². The van der Waals surface area contributed by atoms with Crippen molar-refractivity contribution >= 4 is 37.5 Å². The van der Waals surface area contributed by atoms with Crippen molar-refractivity contribution in [1.29, 1.82) is 0 Å². The number of rotatable bonds is 6. The predicted molar refractivity (Wildman–Crippen MR) is 194 cm³/mol. The fourth-order valence-electron chi connectivity index (χ4n) is 5.50. The van der Waals surface area contributed by atoms with Gasteiger partial charge in [-0.15, -0.1) is 0 Å². The molecule has 7 nitrogen and oxygen atoms in total. The summed E-state index contributed by atoms with van der Waals surface area (Å²) >= 11 is 3.48. The van der Waals surface area contributed by atoms with Crippen LogP contribution in [-0.4, -0.2) is 33.7 Å². The Morgan fingerprint density at radius 1 is 0.729 bits per heavy atom. The molecule has 0 radical (unpaired) electrons. The average molecular weight is 706 g/mol. The van der Waals surface area contributed by atoms with Crippen LogP contribution in [-0.2, 0) is 13.5 Å². The van der Waals surface area contributed by atoms with E-state index in [2.05, 4.69) is 30.9 Å². The zero-order valence-electron chi connectivity index (χ0n) is 25.9. The summed E-state index contributed by atoms with van der Waals surface area (Å²) in [5.74, 6) is 1.76. The van der Waals surface area contributed by atoms with Gasteiger partial charge in [0.15, 0.2) is 0 Å². The van der Waals surface area contributed by atoms with Gasteiger partial charge in [0.1, 0.15) is 23.1 Å². The van der Waals surface area contributed by atoms with E-state index in [9.17, 15) is 4.79 Å². The number of hydrogen-bond donors (Lipinski definition) is 0. The number of pyridine rings is 2. The first-order valence-electron chi connectivity index (χ1n) is 14.8. The molecule has 9 heteroatoms. The molecule has 4 aromatic carbocycles. The Hall–Kier alpha value is -5.41. The standard InChI is InChI=1S/C28H22FN3O2.C10H8BrNO.CH4/c1-32-27(14-18-6-4-3-5-7-18)31-17-23(28(32)33)19-8-9-22(25(29)15-19)20-10-11-26(34-2)24-16-30-13-12-21(20)24;1-13-10-3-2-9(11)7-4-5-12-6-8(7)10;/h3-13,15-17H,14H2,1-2H3;2-6H,1H3;1H4. The monoisotopic (exact) mass is 704 g/mol. The van der Waals surface area contributed by atoms with Crippen molar-refractivity contribution in [3.8, 4) is 33.8 Å². The number of hydrogen-bond acceptors (Lipinski definition) is 6. The maximum atomic E-state index is 15.4. The van der Waals surface area contributed by atoms with Crippen LogP contribution in [0.5, 0.6) is 11.5 Å². The zero-order chi connectivity index (χ0) is 32.9. The number of benzene rings is 4. The second-order valence-electron chi connectivity index (χ2n) is 10.7. The highest BCUT2D eigenvalue weighted by Gasteiger charge is 2.15.